The molecule has 2 heterocycles. The number of phenolic OH excluding ortho intramolecular Hbond substituents is 1. The normalized spacial score (nSPS) is 11.9. The number of aryl methyl sites for hydroxylation is 2. The number of hydrogen-bond donors (Lipinski definition) is 1. The van der Waals surface area contributed by atoms with E-state index in [1.165, 1.54) is 11.1 Å². The minimum atomic E-state index is -0.297. The van der Waals surface area contributed by atoms with E-state index in [-0.39, 0.29) is 16.6 Å². The summed E-state index contributed by atoms with van der Waals surface area (Å²) in [6, 6.07) is 58.4. The van der Waals surface area contributed by atoms with E-state index in [1.54, 1.807) is 0 Å². The Kier molecular flexibility index (Phi) is 10.7. The lowest BCUT2D eigenvalue weighted by atomic mass is 9.81. The van der Waals surface area contributed by atoms with Gasteiger partial charge >= 0.3 is 0 Å². The molecule has 0 spiro atoms. The number of fused-ring (bicyclic) bond motifs is 1. The van der Waals surface area contributed by atoms with Crippen molar-refractivity contribution in [1.82, 2.24) is 14.5 Å². The highest BCUT2D eigenvalue weighted by atomic mass is 16.3. The fraction of sp³-hybridized carbons (Fsp3) is 0.186. The number of pyridine rings is 1. The van der Waals surface area contributed by atoms with E-state index in [1.807, 2.05) is 6.20 Å². The molecule has 0 aliphatic carbocycles. The molecule has 4 heteroatoms. The number of nitrogens with zero attached hydrogens (tertiary/aromatic N) is 3. The zero-order chi connectivity index (χ0) is 44.0. The van der Waals surface area contributed by atoms with Gasteiger partial charge in [0.2, 0.25) is 0 Å². The van der Waals surface area contributed by atoms with Crippen LogP contribution in [0, 0.1) is 13.8 Å². The molecule has 0 amide bonds. The summed E-state index contributed by atoms with van der Waals surface area (Å²) in [7, 11) is 0. The molecule has 7 aromatic carbocycles. The zero-order valence-corrected chi connectivity index (χ0v) is 37.7. The quantitative estimate of drug-likeness (QED) is 0.158. The third kappa shape index (κ3) is 7.98. The van der Waals surface area contributed by atoms with E-state index in [4.69, 9.17) is 9.97 Å². The van der Waals surface area contributed by atoms with Crippen molar-refractivity contribution in [3.8, 4) is 78.6 Å². The molecule has 0 saturated carbocycles. The lowest BCUT2D eigenvalue weighted by Gasteiger charge is -2.26. The summed E-state index contributed by atoms with van der Waals surface area (Å²) in [5.41, 5.74) is 18.3. The van der Waals surface area contributed by atoms with Gasteiger partial charge in [-0.25, -0.2) is 4.98 Å². The molecule has 4 nitrogen and oxygen atoms in total. The Labute approximate surface area is 372 Å². The van der Waals surface area contributed by atoms with Gasteiger partial charge in [-0.05, 0) is 130 Å². The van der Waals surface area contributed by atoms with Crippen LogP contribution < -0.4 is 0 Å². The number of benzene rings is 7. The second-order valence-corrected chi connectivity index (χ2v) is 18.7. The summed E-state index contributed by atoms with van der Waals surface area (Å²) < 4.78 is 2.28. The van der Waals surface area contributed by atoms with Gasteiger partial charge < -0.3 is 5.11 Å². The van der Waals surface area contributed by atoms with Crippen molar-refractivity contribution in [3.63, 3.8) is 0 Å². The first kappa shape index (κ1) is 41.3. The number of imidazole rings is 1. The third-order valence-electron chi connectivity index (χ3n) is 12.8. The molecular formula is C59H55N3O. The van der Waals surface area contributed by atoms with E-state index in [0.29, 0.717) is 11.4 Å². The van der Waals surface area contributed by atoms with Crippen LogP contribution >= 0.6 is 0 Å². The number of rotatable bonds is 9. The van der Waals surface area contributed by atoms with Gasteiger partial charge in [0.05, 0.1) is 28.0 Å². The molecule has 0 aliphatic heterocycles. The number of aromatic hydroxyl groups is 1. The molecule has 9 rings (SSSR count). The van der Waals surface area contributed by atoms with E-state index >= 15 is 0 Å². The topological polar surface area (TPSA) is 50.9 Å². The second-order valence-electron chi connectivity index (χ2n) is 18.7. The van der Waals surface area contributed by atoms with Crippen molar-refractivity contribution in [2.24, 2.45) is 0 Å². The number of para-hydroxylation sites is 1. The zero-order valence-electron chi connectivity index (χ0n) is 37.7. The van der Waals surface area contributed by atoms with Gasteiger partial charge in [0.1, 0.15) is 11.6 Å². The molecule has 1 N–H and O–H groups in total. The largest absolute Gasteiger partial charge is 0.507 e. The number of hydrogen-bond acceptors (Lipinski definition) is 3. The molecule has 9 aromatic rings. The van der Waals surface area contributed by atoms with Crippen LogP contribution in [0.1, 0.15) is 70.2 Å². The summed E-state index contributed by atoms with van der Waals surface area (Å²) >= 11 is 0. The van der Waals surface area contributed by atoms with E-state index in [2.05, 4.69) is 224 Å². The fourth-order valence-electron chi connectivity index (χ4n) is 8.72. The molecule has 0 unspecified atom stereocenters. The predicted octanol–water partition coefficient (Wildman–Crippen LogP) is 15.7. The van der Waals surface area contributed by atoms with Crippen molar-refractivity contribution in [2.75, 3.05) is 0 Å². The lowest BCUT2D eigenvalue weighted by molar-refractivity contribution is 0.448. The van der Waals surface area contributed by atoms with Crippen LogP contribution in [0.5, 0.6) is 5.75 Å². The van der Waals surface area contributed by atoms with Crippen molar-refractivity contribution in [2.45, 2.75) is 72.6 Å². The van der Waals surface area contributed by atoms with Crippen LogP contribution in [-0.2, 0) is 10.8 Å². The van der Waals surface area contributed by atoms with Crippen LogP contribution in [-0.4, -0.2) is 19.6 Å². The molecular weight excluding hydrogens is 767 g/mol. The van der Waals surface area contributed by atoms with Gasteiger partial charge in [-0.3, -0.25) is 9.55 Å². The molecule has 0 atom stereocenters. The van der Waals surface area contributed by atoms with Crippen LogP contribution in [0.4, 0.5) is 0 Å². The molecule has 0 radical (unpaired) electrons. The van der Waals surface area contributed by atoms with Crippen LogP contribution in [0.3, 0.4) is 0 Å². The van der Waals surface area contributed by atoms with Crippen molar-refractivity contribution < 1.29 is 5.11 Å². The Morgan fingerprint density at radius 1 is 0.524 bits per heavy atom. The maximum absolute atomic E-state index is 12.3. The average Bonchev–Trinajstić information content (AvgIpc) is 3.69. The van der Waals surface area contributed by atoms with Gasteiger partial charge in [-0.2, -0.15) is 0 Å². The Hall–Kier alpha value is -7.04. The number of aromatic nitrogens is 3. The number of phenols is 1. The highest BCUT2D eigenvalue weighted by Crippen LogP contribution is 2.45. The fourth-order valence-corrected chi connectivity index (χ4v) is 8.72. The van der Waals surface area contributed by atoms with Crippen molar-refractivity contribution in [1.29, 1.82) is 0 Å². The smallest absolute Gasteiger partial charge is 0.149 e. The van der Waals surface area contributed by atoms with E-state index in [9.17, 15) is 5.11 Å². The molecule has 0 bridgehead atoms. The predicted molar refractivity (Wildman–Crippen MR) is 265 cm³/mol. The maximum Gasteiger partial charge on any atom is 0.149 e. The van der Waals surface area contributed by atoms with Crippen molar-refractivity contribution >= 4 is 11.0 Å². The molecule has 312 valence electrons. The molecule has 0 aliphatic rings. The first-order valence-electron chi connectivity index (χ1n) is 22.1. The Balaban J connectivity index is 1.34. The standard InChI is InChI=1S/C59H55N3O/c1-9-59(7,8)47-27-28-53(49(37-47)42-19-14-11-15-20-42)62-54-22-16-21-48(55(54)61-57(62)50-31-39(3)32-51(56(50)63)58(4,5)6)45-33-44(40-17-12-10-13-18-40)34-46(35-45)52-36-43(29-30-60-52)41-25-23-38(2)24-26-41/h10-37,63H,9H2,1-8H3. The minimum absolute atomic E-state index is 0.0263. The SMILES string of the molecule is CCC(C)(C)c1ccc(-n2c(-c3cc(C)cc(C(C)(C)C)c3O)nc3c(-c4cc(-c5ccccc5)cc(-c5cc(-c6ccc(C)cc6)ccn5)c4)cccc32)c(-c2ccccc2)c1. The van der Waals surface area contributed by atoms with Gasteiger partial charge in [-0.15, -0.1) is 0 Å². The first-order valence-corrected chi connectivity index (χ1v) is 22.1. The van der Waals surface area contributed by atoms with Gasteiger partial charge in [0.15, 0.2) is 0 Å². The summed E-state index contributed by atoms with van der Waals surface area (Å²) in [5, 5.41) is 12.3. The molecule has 2 aromatic heterocycles. The van der Waals surface area contributed by atoms with Crippen LogP contribution in [0.25, 0.3) is 83.9 Å². The van der Waals surface area contributed by atoms with Gasteiger partial charge in [0, 0.05) is 28.5 Å². The summed E-state index contributed by atoms with van der Waals surface area (Å²) in [4.78, 5) is 10.6. The summed E-state index contributed by atoms with van der Waals surface area (Å²) in [6.45, 7) is 17.5. The molecule has 0 saturated heterocycles. The highest BCUT2D eigenvalue weighted by Gasteiger charge is 2.28. The van der Waals surface area contributed by atoms with Crippen molar-refractivity contribution in [3.05, 3.63) is 192 Å². The Bertz CT molecular complexity index is 3110. The first-order chi connectivity index (χ1) is 30.3. The Morgan fingerprint density at radius 2 is 1.19 bits per heavy atom. The third-order valence-corrected chi connectivity index (χ3v) is 12.8. The molecule has 63 heavy (non-hydrogen) atoms. The average molecular weight is 822 g/mol. The lowest BCUT2D eigenvalue weighted by Crippen LogP contribution is -2.16. The monoisotopic (exact) mass is 821 g/mol. The van der Waals surface area contributed by atoms with Crippen LogP contribution in [0.15, 0.2) is 170 Å². The van der Waals surface area contributed by atoms with E-state index < -0.39 is 0 Å². The summed E-state index contributed by atoms with van der Waals surface area (Å²) in [5.74, 6) is 0.944. The Morgan fingerprint density at radius 3 is 1.89 bits per heavy atom. The molecule has 0 fully saturated rings. The van der Waals surface area contributed by atoms with Crippen LogP contribution in [0.2, 0.25) is 0 Å². The second kappa shape index (κ2) is 16.3. The highest BCUT2D eigenvalue weighted by molar-refractivity contribution is 5.98. The maximum atomic E-state index is 12.3. The van der Waals surface area contributed by atoms with E-state index in [0.717, 1.165) is 90.0 Å². The van der Waals surface area contributed by atoms with Gasteiger partial charge in [-0.1, -0.05) is 156 Å². The minimum Gasteiger partial charge on any atom is -0.507 e. The van der Waals surface area contributed by atoms with Gasteiger partial charge in [0.25, 0.3) is 0 Å². The summed E-state index contributed by atoms with van der Waals surface area (Å²) in [6.07, 6.45) is 2.91.